The third-order valence-electron chi connectivity index (χ3n) is 1.72. The lowest BCUT2D eigenvalue weighted by Gasteiger charge is -2.08. The summed E-state index contributed by atoms with van der Waals surface area (Å²) in [4.78, 5) is 14.3. The standard InChI is InChI=1S/C8H9ClN2O3/c9-7-5(8(13)14)1-4(2-11-7)6(10)3-12/h1-2,6,12H,3,10H2,(H,13,14)/t6-/m0/s1. The van der Waals surface area contributed by atoms with Gasteiger partial charge in [0, 0.05) is 6.20 Å². The summed E-state index contributed by atoms with van der Waals surface area (Å²) in [5, 5.41) is 17.4. The smallest absolute Gasteiger partial charge is 0.338 e. The number of nitrogens with zero attached hydrogens (tertiary/aromatic N) is 1. The Balaban J connectivity index is 3.12. The molecule has 14 heavy (non-hydrogen) atoms. The molecule has 0 bridgehead atoms. The fourth-order valence-electron chi connectivity index (χ4n) is 0.922. The van der Waals surface area contributed by atoms with E-state index >= 15 is 0 Å². The largest absolute Gasteiger partial charge is 0.478 e. The molecule has 0 spiro atoms. The van der Waals surface area contributed by atoms with Crippen LogP contribution in [0.15, 0.2) is 12.3 Å². The highest BCUT2D eigenvalue weighted by Crippen LogP contribution is 2.17. The maximum absolute atomic E-state index is 10.7. The Morgan fingerprint density at radius 3 is 2.86 bits per heavy atom. The van der Waals surface area contributed by atoms with E-state index in [2.05, 4.69) is 4.98 Å². The van der Waals surface area contributed by atoms with Crippen LogP contribution in [0.25, 0.3) is 0 Å². The Kier molecular flexibility index (Phi) is 3.40. The zero-order valence-electron chi connectivity index (χ0n) is 7.14. The van der Waals surface area contributed by atoms with Gasteiger partial charge in [-0.15, -0.1) is 0 Å². The summed E-state index contributed by atoms with van der Waals surface area (Å²) in [5.41, 5.74) is 5.81. The van der Waals surface area contributed by atoms with Gasteiger partial charge in [0.2, 0.25) is 0 Å². The number of aliphatic hydroxyl groups excluding tert-OH is 1. The molecule has 76 valence electrons. The van der Waals surface area contributed by atoms with Gasteiger partial charge < -0.3 is 15.9 Å². The molecule has 0 amide bonds. The minimum absolute atomic E-state index is 0.0913. The molecule has 5 nitrogen and oxygen atoms in total. The van der Waals surface area contributed by atoms with Gasteiger partial charge in [-0.3, -0.25) is 0 Å². The Morgan fingerprint density at radius 2 is 2.36 bits per heavy atom. The number of pyridine rings is 1. The van der Waals surface area contributed by atoms with Crippen molar-refractivity contribution in [3.63, 3.8) is 0 Å². The molecule has 0 unspecified atom stereocenters. The van der Waals surface area contributed by atoms with E-state index in [1.807, 2.05) is 0 Å². The molecule has 1 heterocycles. The molecule has 0 saturated heterocycles. The van der Waals surface area contributed by atoms with Crippen molar-refractivity contribution < 1.29 is 15.0 Å². The summed E-state index contributed by atoms with van der Waals surface area (Å²) in [7, 11) is 0. The number of hydrogen-bond acceptors (Lipinski definition) is 4. The molecular formula is C8H9ClN2O3. The van der Waals surface area contributed by atoms with Gasteiger partial charge >= 0.3 is 5.97 Å². The van der Waals surface area contributed by atoms with Crippen LogP contribution in [0.4, 0.5) is 0 Å². The fraction of sp³-hybridized carbons (Fsp3) is 0.250. The molecule has 6 heteroatoms. The van der Waals surface area contributed by atoms with Crippen molar-refractivity contribution in [2.45, 2.75) is 6.04 Å². The van der Waals surface area contributed by atoms with Crippen LogP contribution < -0.4 is 5.73 Å². The molecule has 0 saturated carbocycles. The van der Waals surface area contributed by atoms with Crippen molar-refractivity contribution in [1.29, 1.82) is 0 Å². The Hall–Kier alpha value is -1.17. The van der Waals surface area contributed by atoms with Gasteiger partial charge in [-0.25, -0.2) is 9.78 Å². The second-order valence-corrected chi connectivity index (χ2v) is 3.06. The number of carboxylic acids is 1. The summed E-state index contributed by atoms with van der Waals surface area (Å²) in [6.07, 6.45) is 1.34. The molecule has 1 aromatic heterocycles. The van der Waals surface area contributed by atoms with Crippen LogP contribution in [0, 0.1) is 0 Å². The van der Waals surface area contributed by atoms with Crippen LogP contribution in [-0.2, 0) is 0 Å². The predicted octanol–water partition coefficient (Wildman–Crippen LogP) is 0.425. The van der Waals surface area contributed by atoms with Gasteiger partial charge in [0.05, 0.1) is 18.2 Å². The summed E-state index contributed by atoms with van der Waals surface area (Å²) in [6.45, 7) is -0.275. The van der Waals surface area contributed by atoms with Crippen molar-refractivity contribution in [2.75, 3.05) is 6.61 Å². The molecule has 0 aliphatic carbocycles. The van der Waals surface area contributed by atoms with E-state index in [0.29, 0.717) is 5.56 Å². The average Bonchev–Trinajstić information content (AvgIpc) is 2.17. The molecule has 0 aliphatic heterocycles. The van der Waals surface area contributed by atoms with Gasteiger partial charge in [-0.05, 0) is 11.6 Å². The third-order valence-corrected chi connectivity index (χ3v) is 2.02. The normalized spacial score (nSPS) is 12.5. The highest BCUT2D eigenvalue weighted by molar-refractivity contribution is 6.32. The van der Waals surface area contributed by atoms with E-state index in [4.69, 9.17) is 27.5 Å². The minimum atomic E-state index is -1.17. The van der Waals surface area contributed by atoms with E-state index in [1.54, 1.807) is 0 Å². The average molecular weight is 217 g/mol. The molecule has 1 aromatic rings. The van der Waals surface area contributed by atoms with Gasteiger partial charge in [0.1, 0.15) is 5.15 Å². The first-order chi connectivity index (χ1) is 6.56. The molecule has 1 rings (SSSR count). The molecule has 0 radical (unpaired) electrons. The number of carboxylic acid groups (broad SMARTS) is 1. The second kappa shape index (κ2) is 4.36. The van der Waals surface area contributed by atoms with Crippen LogP contribution in [0.3, 0.4) is 0 Å². The number of hydrogen-bond donors (Lipinski definition) is 3. The number of halogens is 1. The van der Waals surface area contributed by atoms with Crippen molar-refractivity contribution in [2.24, 2.45) is 5.73 Å². The van der Waals surface area contributed by atoms with Gasteiger partial charge in [-0.1, -0.05) is 11.6 Å². The van der Waals surface area contributed by atoms with E-state index in [1.165, 1.54) is 12.3 Å². The Morgan fingerprint density at radius 1 is 1.71 bits per heavy atom. The quantitative estimate of drug-likeness (QED) is 0.637. The highest BCUT2D eigenvalue weighted by Gasteiger charge is 2.13. The minimum Gasteiger partial charge on any atom is -0.478 e. The first-order valence-electron chi connectivity index (χ1n) is 3.81. The highest BCUT2D eigenvalue weighted by atomic mass is 35.5. The van der Waals surface area contributed by atoms with E-state index in [0.717, 1.165) is 0 Å². The van der Waals surface area contributed by atoms with Gasteiger partial charge in [0.25, 0.3) is 0 Å². The summed E-state index contributed by atoms with van der Waals surface area (Å²) in [5.74, 6) is -1.17. The fourth-order valence-corrected chi connectivity index (χ4v) is 1.11. The van der Waals surface area contributed by atoms with Crippen molar-refractivity contribution >= 4 is 17.6 Å². The third kappa shape index (κ3) is 2.20. The summed E-state index contributed by atoms with van der Waals surface area (Å²) in [6, 6.07) is 0.663. The van der Waals surface area contributed by atoms with Crippen LogP contribution in [0.1, 0.15) is 22.0 Å². The molecular weight excluding hydrogens is 208 g/mol. The first-order valence-corrected chi connectivity index (χ1v) is 4.19. The Bertz CT molecular complexity index is 356. The summed E-state index contributed by atoms with van der Waals surface area (Å²) < 4.78 is 0. The lowest BCUT2D eigenvalue weighted by Crippen LogP contribution is -2.15. The zero-order chi connectivity index (χ0) is 10.7. The maximum atomic E-state index is 10.7. The van der Waals surface area contributed by atoms with Gasteiger partial charge in [0.15, 0.2) is 0 Å². The topological polar surface area (TPSA) is 96.4 Å². The van der Waals surface area contributed by atoms with Crippen LogP contribution in [0.2, 0.25) is 5.15 Å². The lowest BCUT2D eigenvalue weighted by atomic mass is 10.1. The summed E-state index contributed by atoms with van der Waals surface area (Å²) >= 11 is 5.54. The molecule has 0 aliphatic rings. The molecule has 4 N–H and O–H groups in total. The first kappa shape index (κ1) is 10.9. The SMILES string of the molecule is N[C@@H](CO)c1cnc(Cl)c(C(=O)O)c1. The van der Waals surface area contributed by atoms with Gasteiger partial charge in [-0.2, -0.15) is 0 Å². The zero-order valence-corrected chi connectivity index (χ0v) is 7.90. The number of aromatic nitrogens is 1. The lowest BCUT2D eigenvalue weighted by molar-refractivity contribution is 0.0696. The number of aliphatic hydroxyl groups is 1. The van der Waals surface area contributed by atoms with Crippen molar-refractivity contribution in [3.8, 4) is 0 Å². The van der Waals surface area contributed by atoms with E-state index in [-0.39, 0.29) is 17.3 Å². The van der Waals surface area contributed by atoms with Crippen molar-refractivity contribution in [3.05, 3.63) is 28.5 Å². The maximum Gasteiger partial charge on any atom is 0.338 e. The monoisotopic (exact) mass is 216 g/mol. The molecule has 1 atom stereocenters. The van der Waals surface area contributed by atoms with E-state index < -0.39 is 12.0 Å². The van der Waals surface area contributed by atoms with Crippen LogP contribution in [0.5, 0.6) is 0 Å². The Labute approximate surface area is 85.1 Å². The predicted molar refractivity (Wildman–Crippen MR) is 50.2 cm³/mol. The molecule has 0 aromatic carbocycles. The van der Waals surface area contributed by atoms with E-state index in [9.17, 15) is 4.79 Å². The van der Waals surface area contributed by atoms with Crippen molar-refractivity contribution in [1.82, 2.24) is 4.98 Å². The number of aromatic carboxylic acids is 1. The number of rotatable bonds is 3. The number of nitrogens with two attached hydrogens (primary N) is 1. The second-order valence-electron chi connectivity index (χ2n) is 2.70. The molecule has 0 fully saturated rings. The van der Waals surface area contributed by atoms with Crippen LogP contribution in [-0.4, -0.2) is 27.8 Å². The number of carbonyl (C=O) groups is 1. The van der Waals surface area contributed by atoms with Crippen LogP contribution >= 0.6 is 11.6 Å².